The highest BCUT2D eigenvalue weighted by atomic mass is 32.1. The zero-order chi connectivity index (χ0) is 14.7. The molecule has 2 aromatic carbocycles. The number of aromatic nitrogens is 1. The first kappa shape index (κ1) is 14.0. The van der Waals surface area contributed by atoms with Gasteiger partial charge >= 0.3 is 0 Å². The van der Waals surface area contributed by atoms with E-state index in [1.165, 1.54) is 10.3 Å². The Morgan fingerprint density at radius 1 is 1.19 bits per heavy atom. The van der Waals surface area contributed by atoms with Crippen LogP contribution in [0.3, 0.4) is 0 Å². The van der Waals surface area contributed by atoms with Crippen LogP contribution in [-0.2, 0) is 6.54 Å². The van der Waals surface area contributed by atoms with E-state index < -0.39 is 0 Å². The monoisotopic (exact) mass is 298 g/mol. The fourth-order valence-electron chi connectivity index (χ4n) is 2.26. The number of ether oxygens (including phenoxy) is 1. The minimum Gasteiger partial charge on any atom is -0.497 e. The van der Waals surface area contributed by atoms with Crippen LogP contribution in [0.4, 0.5) is 0 Å². The molecular weight excluding hydrogens is 280 g/mol. The minimum atomic E-state index is 0.257. The molecule has 0 spiro atoms. The average Bonchev–Trinajstić information content (AvgIpc) is 2.95. The molecule has 0 saturated carbocycles. The summed E-state index contributed by atoms with van der Waals surface area (Å²) in [5.41, 5.74) is 2.30. The number of nitrogens with one attached hydrogen (secondary N) is 1. The van der Waals surface area contributed by atoms with E-state index >= 15 is 0 Å². The van der Waals surface area contributed by atoms with E-state index in [0.29, 0.717) is 0 Å². The molecule has 1 aromatic heterocycles. The molecule has 0 amide bonds. The molecule has 21 heavy (non-hydrogen) atoms. The number of benzene rings is 2. The van der Waals surface area contributed by atoms with Crippen molar-refractivity contribution in [2.24, 2.45) is 0 Å². The fourth-order valence-corrected chi connectivity index (χ4v) is 3.18. The molecule has 3 rings (SSSR count). The smallest absolute Gasteiger partial charge is 0.119 e. The van der Waals surface area contributed by atoms with Gasteiger partial charge in [-0.3, -0.25) is 0 Å². The van der Waals surface area contributed by atoms with Gasteiger partial charge in [0.05, 0.1) is 17.3 Å². The van der Waals surface area contributed by atoms with Crippen LogP contribution in [0, 0.1) is 0 Å². The maximum absolute atomic E-state index is 5.27. The number of methoxy groups -OCH3 is 1. The van der Waals surface area contributed by atoms with Crippen molar-refractivity contribution in [2.75, 3.05) is 7.11 Å². The molecule has 108 valence electrons. The molecule has 0 fully saturated rings. The Balaban J connectivity index is 1.68. The van der Waals surface area contributed by atoms with E-state index in [-0.39, 0.29) is 6.04 Å². The van der Waals surface area contributed by atoms with E-state index in [2.05, 4.69) is 47.6 Å². The van der Waals surface area contributed by atoms with Crippen LogP contribution in [0.1, 0.15) is 23.5 Å². The van der Waals surface area contributed by atoms with Crippen LogP contribution in [0.15, 0.2) is 48.5 Å². The third-order valence-corrected chi connectivity index (χ3v) is 4.53. The Labute approximate surface area is 128 Å². The molecule has 0 bridgehead atoms. The number of para-hydroxylation sites is 1. The molecule has 0 radical (unpaired) electrons. The SMILES string of the molecule is COc1cccc(C(C)NCc2nc3ccccc3s2)c1. The van der Waals surface area contributed by atoms with Crippen molar-refractivity contribution in [1.29, 1.82) is 0 Å². The second-order valence-corrected chi connectivity index (χ2v) is 6.07. The molecule has 1 unspecified atom stereocenters. The molecule has 3 aromatic rings. The second kappa shape index (κ2) is 6.24. The van der Waals surface area contributed by atoms with Crippen LogP contribution >= 0.6 is 11.3 Å². The van der Waals surface area contributed by atoms with Gasteiger partial charge in [0.15, 0.2) is 0 Å². The van der Waals surface area contributed by atoms with E-state index in [0.717, 1.165) is 22.8 Å². The molecule has 0 aliphatic heterocycles. The summed E-state index contributed by atoms with van der Waals surface area (Å²) >= 11 is 1.74. The maximum Gasteiger partial charge on any atom is 0.119 e. The topological polar surface area (TPSA) is 34.1 Å². The first-order chi connectivity index (χ1) is 10.3. The molecule has 4 heteroatoms. The molecule has 3 nitrogen and oxygen atoms in total. The standard InChI is InChI=1S/C17H18N2OS/c1-12(13-6-5-7-14(10-13)20-2)18-11-17-19-15-8-3-4-9-16(15)21-17/h3-10,12,18H,11H2,1-2H3. The molecule has 0 saturated heterocycles. The Morgan fingerprint density at radius 2 is 2.05 bits per heavy atom. The van der Waals surface area contributed by atoms with Crippen molar-refractivity contribution >= 4 is 21.6 Å². The summed E-state index contributed by atoms with van der Waals surface area (Å²) in [7, 11) is 1.69. The predicted molar refractivity (Wildman–Crippen MR) is 87.9 cm³/mol. The Hall–Kier alpha value is -1.91. The summed E-state index contributed by atoms with van der Waals surface area (Å²) < 4.78 is 6.51. The van der Waals surface area contributed by atoms with Gasteiger partial charge in [-0.15, -0.1) is 11.3 Å². The van der Waals surface area contributed by atoms with Gasteiger partial charge in [0.2, 0.25) is 0 Å². The third kappa shape index (κ3) is 3.23. The maximum atomic E-state index is 5.27. The van der Waals surface area contributed by atoms with E-state index in [9.17, 15) is 0 Å². The Kier molecular flexibility index (Phi) is 4.18. The molecular formula is C17H18N2OS. The molecule has 0 aliphatic rings. The first-order valence-corrected chi connectivity index (χ1v) is 7.79. The molecule has 1 atom stereocenters. The number of nitrogens with zero attached hydrogens (tertiary/aromatic N) is 1. The second-order valence-electron chi connectivity index (χ2n) is 4.95. The number of hydrogen-bond acceptors (Lipinski definition) is 4. The lowest BCUT2D eigenvalue weighted by molar-refractivity contribution is 0.413. The summed E-state index contributed by atoms with van der Waals surface area (Å²) in [5, 5.41) is 4.64. The first-order valence-electron chi connectivity index (χ1n) is 6.98. The summed E-state index contributed by atoms with van der Waals surface area (Å²) in [6.45, 7) is 2.93. The van der Waals surface area contributed by atoms with Crippen molar-refractivity contribution in [3.8, 4) is 5.75 Å². The normalized spacial score (nSPS) is 12.5. The predicted octanol–water partition coefficient (Wildman–Crippen LogP) is 4.16. The lowest BCUT2D eigenvalue weighted by atomic mass is 10.1. The van der Waals surface area contributed by atoms with Crippen molar-refractivity contribution < 1.29 is 4.74 Å². The van der Waals surface area contributed by atoms with Crippen molar-refractivity contribution in [3.63, 3.8) is 0 Å². The van der Waals surface area contributed by atoms with E-state index in [1.807, 2.05) is 18.2 Å². The highest BCUT2D eigenvalue weighted by molar-refractivity contribution is 7.18. The number of fused-ring (bicyclic) bond motifs is 1. The number of rotatable bonds is 5. The molecule has 0 aliphatic carbocycles. The summed E-state index contributed by atoms with van der Waals surface area (Å²) in [5.74, 6) is 0.890. The zero-order valence-corrected chi connectivity index (χ0v) is 13.0. The van der Waals surface area contributed by atoms with Gasteiger partial charge in [-0.2, -0.15) is 0 Å². The Bertz CT molecular complexity index is 705. The van der Waals surface area contributed by atoms with Crippen LogP contribution in [0.25, 0.3) is 10.2 Å². The van der Waals surface area contributed by atoms with Gasteiger partial charge in [-0.05, 0) is 36.8 Å². The quantitative estimate of drug-likeness (QED) is 0.768. The largest absolute Gasteiger partial charge is 0.497 e. The lowest BCUT2D eigenvalue weighted by Crippen LogP contribution is -2.17. The van der Waals surface area contributed by atoms with Gasteiger partial charge < -0.3 is 10.1 Å². The highest BCUT2D eigenvalue weighted by Crippen LogP contribution is 2.23. The van der Waals surface area contributed by atoms with Crippen LogP contribution in [0.5, 0.6) is 5.75 Å². The van der Waals surface area contributed by atoms with Crippen molar-refractivity contribution in [2.45, 2.75) is 19.5 Å². The van der Waals surface area contributed by atoms with Crippen LogP contribution in [-0.4, -0.2) is 12.1 Å². The summed E-state index contributed by atoms with van der Waals surface area (Å²) in [6.07, 6.45) is 0. The van der Waals surface area contributed by atoms with E-state index in [4.69, 9.17) is 4.74 Å². The van der Waals surface area contributed by atoms with Crippen molar-refractivity contribution in [1.82, 2.24) is 10.3 Å². The van der Waals surface area contributed by atoms with E-state index in [1.54, 1.807) is 18.4 Å². The van der Waals surface area contributed by atoms with Crippen LogP contribution < -0.4 is 10.1 Å². The fraction of sp³-hybridized carbons (Fsp3) is 0.235. The lowest BCUT2D eigenvalue weighted by Gasteiger charge is -2.14. The van der Waals surface area contributed by atoms with Crippen LogP contribution in [0.2, 0.25) is 0 Å². The average molecular weight is 298 g/mol. The Morgan fingerprint density at radius 3 is 2.86 bits per heavy atom. The minimum absolute atomic E-state index is 0.257. The van der Waals surface area contributed by atoms with Gasteiger partial charge in [-0.25, -0.2) is 4.98 Å². The summed E-state index contributed by atoms with van der Waals surface area (Å²) in [4.78, 5) is 4.64. The summed E-state index contributed by atoms with van der Waals surface area (Å²) in [6, 6.07) is 16.7. The highest BCUT2D eigenvalue weighted by Gasteiger charge is 2.08. The number of thiazole rings is 1. The van der Waals surface area contributed by atoms with Gasteiger partial charge in [0.25, 0.3) is 0 Å². The number of hydrogen-bond donors (Lipinski definition) is 1. The van der Waals surface area contributed by atoms with Gasteiger partial charge in [0, 0.05) is 12.6 Å². The molecule has 1 N–H and O–H groups in total. The van der Waals surface area contributed by atoms with Gasteiger partial charge in [-0.1, -0.05) is 24.3 Å². The molecule has 1 heterocycles. The van der Waals surface area contributed by atoms with Gasteiger partial charge in [0.1, 0.15) is 10.8 Å². The third-order valence-electron chi connectivity index (χ3n) is 3.49. The zero-order valence-electron chi connectivity index (χ0n) is 12.2. The van der Waals surface area contributed by atoms with Crippen molar-refractivity contribution in [3.05, 3.63) is 59.1 Å².